The molecule has 0 radical (unpaired) electrons. The Morgan fingerprint density at radius 1 is 1.03 bits per heavy atom. The number of likely N-dealkylation sites (tertiary alicyclic amines) is 1. The van der Waals surface area contributed by atoms with Gasteiger partial charge in [0.05, 0.1) is 12.5 Å². The van der Waals surface area contributed by atoms with Crippen LogP contribution < -0.4 is 10.1 Å². The maximum absolute atomic E-state index is 13.1. The molecule has 1 atom stereocenters. The number of ether oxygens (including phenoxy) is 1. The molecule has 6 nitrogen and oxygen atoms in total. The zero-order valence-corrected chi connectivity index (χ0v) is 19.1. The molecule has 0 aliphatic carbocycles. The van der Waals surface area contributed by atoms with Crippen LogP contribution in [0.3, 0.4) is 0 Å². The molecule has 1 aliphatic heterocycles. The van der Waals surface area contributed by atoms with Crippen molar-refractivity contribution in [1.82, 2.24) is 15.2 Å². The van der Waals surface area contributed by atoms with Gasteiger partial charge >= 0.3 is 0 Å². The molecule has 0 saturated carbocycles. The normalized spacial score (nSPS) is 17.9. The van der Waals surface area contributed by atoms with Gasteiger partial charge < -0.3 is 15.0 Å². The molecule has 2 amide bonds. The van der Waals surface area contributed by atoms with Gasteiger partial charge in [-0.15, -0.1) is 0 Å². The molecule has 1 N–H and O–H groups in total. The average molecular weight is 444 g/mol. The number of carbonyl (C=O) groups excluding carboxylic acids is 2. The molecule has 4 rings (SSSR count). The van der Waals surface area contributed by atoms with Crippen molar-refractivity contribution < 1.29 is 14.3 Å². The number of carbonyl (C=O) groups is 2. The molecule has 1 saturated heterocycles. The summed E-state index contributed by atoms with van der Waals surface area (Å²) in [6, 6.07) is 21.6. The molecule has 2 aromatic carbocycles. The van der Waals surface area contributed by atoms with Gasteiger partial charge in [-0.05, 0) is 60.2 Å². The Balaban J connectivity index is 1.54. The molecule has 1 aromatic heterocycles. The van der Waals surface area contributed by atoms with E-state index in [1.165, 1.54) is 0 Å². The smallest absolute Gasteiger partial charge is 0.272 e. The number of methoxy groups -OCH3 is 1. The van der Waals surface area contributed by atoms with Crippen molar-refractivity contribution in [3.8, 4) is 16.9 Å². The van der Waals surface area contributed by atoms with Crippen molar-refractivity contribution in [2.45, 2.75) is 19.3 Å². The van der Waals surface area contributed by atoms with E-state index in [1.54, 1.807) is 43.5 Å². The fraction of sp³-hybridized carbons (Fsp3) is 0.296. The highest BCUT2D eigenvalue weighted by molar-refractivity contribution is 5.93. The molecule has 33 heavy (non-hydrogen) atoms. The summed E-state index contributed by atoms with van der Waals surface area (Å²) >= 11 is 0. The highest BCUT2D eigenvalue weighted by atomic mass is 16.5. The Morgan fingerprint density at radius 3 is 2.33 bits per heavy atom. The monoisotopic (exact) mass is 443 g/mol. The number of hydrogen-bond donors (Lipinski definition) is 1. The van der Waals surface area contributed by atoms with Gasteiger partial charge in [0, 0.05) is 26.3 Å². The van der Waals surface area contributed by atoms with E-state index in [2.05, 4.69) is 34.6 Å². The lowest BCUT2D eigenvalue weighted by molar-refractivity contribution is -0.133. The van der Waals surface area contributed by atoms with Crippen LogP contribution in [-0.4, -0.2) is 48.9 Å². The molecule has 6 heteroatoms. The van der Waals surface area contributed by atoms with Crippen molar-refractivity contribution >= 4 is 11.8 Å². The topological polar surface area (TPSA) is 71.5 Å². The first-order valence-corrected chi connectivity index (χ1v) is 11.2. The second-order valence-electron chi connectivity index (χ2n) is 8.51. The van der Waals surface area contributed by atoms with E-state index in [0.717, 1.165) is 35.3 Å². The third-order valence-corrected chi connectivity index (χ3v) is 6.38. The van der Waals surface area contributed by atoms with Crippen LogP contribution in [0.25, 0.3) is 11.1 Å². The Hall–Kier alpha value is -3.67. The van der Waals surface area contributed by atoms with Gasteiger partial charge in [0.15, 0.2) is 0 Å². The van der Waals surface area contributed by atoms with Crippen LogP contribution in [0, 0.1) is 5.41 Å². The number of piperidine rings is 1. The average Bonchev–Trinajstić information content (AvgIpc) is 2.89. The maximum Gasteiger partial charge on any atom is 0.272 e. The number of nitrogens with one attached hydrogen (secondary N) is 1. The number of rotatable bonds is 6. The zero-order chi connectivity index (χ0) is 23.3. The summed E-state index contributed by atoms with van der Waals surface area (Å²) in [5.41, 5.74) is 3.02. The molecule has 0 spiro atoms. The van der Waals surface area contributed by atoms with Crippen LogP contribution in [0.15, 0.2) is 72.9 Å². The van der Waals surface area contributed by atoms with E-state index < -0.39 is 5.41 Å². The van der Waals surface area contributed by atoms with E-state index in [0.29, 0.717) is 25.2 Å². The highest BCUT2D eigenvalue weighted by Crippen LogP contribution is 2.35. The molecular weight excluding hydrogens is 414 g/mol. The Morgan fingerprint density at radius 2 is 1.73 bits per heavy atom. The lowest BCUT2D eigenvalue weighted by Gasteiger charge is -2.41. The van der Waals surface area contributed by atoms with Crippen molar-refractivity contribution in [2.75, 3.05) is 27.2 Å². The Bertz CT molecular complexity index is 1100. The second kappa shape index (κ2) is 9.86. The number of benzene rings is 2. The van der Waals surface area contributed by atoms with Gasteiger partial charge in [-0.2, -0.15) is 0 Å². The van der Waals surface area contributed by atoms with Crippen LogP contribution >= 0.6 is 0 Å². The van der Waals surface area contributed by atoms with E-state index in [1.807, 2.05) is 24.3 Å². The molecule has 2 heterocycles. The van der Waals surface area contributed by atoms with Crippen LogP contribution in [0.4, 0.5) is 0 Å². The third-order valence-electron chi connectivity index (χ3n) is 6.38. The van der Waals surface area contributed by atoms with Crippen molar-refractivity contribution in [3.05, 3.63) is 84.2 Å². The van der Waals surface area contributed by atoms with Gasteiger partial charge in [0.25, 0.3) is 5.91 Å². The second-order valence-corrected chi connectivity index (χ2v) is 8.51. The molecule has 0 bridgehead atoms. The highest BCUT2D eigenvalue weighted by Gasteiger charge is 2.43. The maximum atomic E-state index is 13.1. The van der Waals surface area contributed by atoms with Crippen molar-refractivity contribution in [3.63, 3.8) is 0 Å². The van der Waals surface area contributed by atoms with Gasteiger partial charge in [-0.3, -0.25) is 14.6 Å². The van der Waals surface area contributed by atoms with E-state index in [-0.39, 0.29) is 11.8 Å². The lowest BCUT2D eigenvalue weighted by atomic mass is 9.74. The van der Waals surface area contributed by atoms with Crippen molar-refractivity contribution in [2.24, 2.45) is 5.41 Å². The molecule has 1 aliphatic rings. The first-order valence-electron chi connectivity index (χ1n) is 11.2. The van der Waals surface area contributed by atoms with E-state index in [9.17, 15) is 9.59 Å². The van der Waals surface area contributed by atoms with Crippen LogP contribution in [0.2, 0.25) is 0 Å². The molecular formula is C27H29N3O3. The van der Waals surface area contributed by atoms with Gasteiger partial charge in [-0.1, -0.05) is 42.5 Å². The molecule has 3 aromatic rings. The van der Waals surface area contributed by atoms with Gasteiger partial charge in [0.1, 0.15) is 11.4 Å². The molecule has 170 valence electrons. The summed E-state index contributed by atoms with van der Waals surface area (Å²) in [6.45, 7) is 1.01. The predicted octanol–water partition coefficient (Wildman–Crippen LogP) is 3.97. The Labute approximate surface area is 194 Å². The third kappa shape index (κ3) is 4.90. The summed E-state index contributed by atoms with van der Waals surface area (Å²) in [5.74, 6) is 0.670. The summed E-state index contributed by atoms with van der Waals surface area (Å²) in [6.07, 6.45) is 3.70. The first kappa shape index (κ1) is 22.5. The van der Waals surface area contributed by atoms with Gasteiger partial charge in [-0.25, -0.2) is 0 Å². The largest absolute Gasteiger partial charge is 0.497 e. The standard InChI is InChI=1S/C27H29N3O3/c1-28-26(32)27(15-5-17-30(19-27)25(31)24-6-3-4-16-29-24)18-20-7-9-21(10-8-20)22-11-13-23(33-2)14-12-22/h3-4,6-14,16H,5,15,17-19H2,1-2H3,(H,28,32)/t27-/m0/s1. The fourth-order valence-corrected chi connectivity index (χ4v) is 4.62. The SMILES string of the molecule is CNC(=O)[C@]1(Cc2ccc(-c3ccc(OC)cc3)cc2)CCCN(C(=O)c2ccccn2)C1. The summed E-state index contributed by atoms with van der Waals surface area (Å²) in [7, 11) is 3.32. The predicted molar refractivity (Wildman–Crippen MR) is 128 cm³/mol. The number of hydrogen-bond acceptors (Lipinski definition) is 4. The quantitative estimate of drug-likeness (QED) is 0.626. The van der Waals surface area contributed by atoms with Crippen molar-refractivity contribution in [1.29, 1.82) is 0 Å². The fourth-order valence-electron chi connectivity index (χ4n) is 4.62. The number of aromatic nitrogens is 1. The van der Waals surface area contributed by atoms with Gasteiger partial charge in [0.2, 0.25) is 5.91 Å². The van der Waals surface area contributed by atoms with Crippen LogP contribution in [0.5, 0.6) is 5.75 Å². The number of pyridine rings is 1. The molecule has 0 unspecified atom stereocenters. The van der Waals surface area contributed by atoms with Crippen LogP contribution in [-0.2, 0) is 11.2 Å². The first-order chi connectivity index (χ1) is 16.0. The summed E-state index contributed by atoms with van der Waals surface area (Å²) in [4.78, 5) is 32.1. The Kier molecular flexibility index (Phi) is 6.73. The zero-order valence-electron chi connectivity index (χ0n) is 19.1. The summed E-state index contributed by atoms with van der Waals surface area (Å²) in [5, 5.41) is 2.84. The van der Waals surface area contributed by atoms with E-state index >= 15 is 0 Å². The number of nitrogens with zero attached hydrogens (tertiary/aromatic N) is 2. The summed E-state index contributed by atoms with van der Waals surface area (Å²) < 4.78 is 5.24. The van der Waals surface area contributed by atoms with Crippen LogP contribution in [0.1, 0.15) is 28.9 Å². The molecule has 1 fully saturated rings. The minimum atomic E-state index is -0.668. The number of amides is 2. The minimum Gasteiger partial charge on any atom is -0.497 e. The lowest BCUT2D eigenvalue weighted by Crippen LogP contribution is -2.54. The van der Waals surface area contributed by atoms with E-state index in [4.69, 9.17) is 4.74 Å². The minimum absolute atomic E-state index is 0.0275.